The van der Waals surface area contributed by atoms with Crippen LogP contribution in [0.5, 0.6) is 0 Å². The zero-order chi connectivity index (χ0) is 20.5. The van der Waals surface area contributed by atoms with Crippen molar-refractivity contribution in [2.24, 2.45) is 0 Å². The van der Waals surface area contributed by atoms with Gasteiger partial charge in [0.1, 0.15) is 0 Å². The lowest BCUT2D eigenvalue weighted by atomic mass is 10.0. The van der Waals surface area contributed by atoms with Gasteiger partial charge in [0.05, 0.1) is 25.8 Å². The Morgan fingerprint density at radius 3 is 2.70 bits per heavy atom. The number of rotatable bonds is 5. The van der Waals surface area contributed by atoms with Crippen LogP contribution >= 0.6 is 22.7 Å². The van der Waals surface area contributed by atoms with E-state index in [2.05, 4.69) is 27.8 Å². The van der Waals surface area contributed by atoms with Gasteiger partial charge in [-0.1, -0.05) is 30.3 Å². The van der Waals surface area contributed by atoms with E-state index in [4.69, 9.17) is 0 Å². The maximum Gasteiger partial charge on any atom is 0.264 e. The van der Waals surface area contributed by atoms with Gasteiger partial charge >= 0.3 is 0 Å². The highest BCUT2D eigenvalue weighted by atomic mass is 32.1. The van der Waals surface area contributed by atoms with Crippen molar-refractivity contribution in [1.82, 2.24) is 15.2 Å². The van der Waals surface area contributed by atoms with E-state index >= 15 is 0 Å². The molecule has 3 aromatic rings. The molecule has 5 rings (SSSR count). The predicted molar refractivity (Wildman–Crippen MR) is 120 cm³/mol. The smallest absolute Gasteiger partial charge is 0.264 e. The number of nitrogens with one attached hydrogen (secondary N) is 2. The molecule has 2 aliphatic heterocycles. The highest BCUT2D eigenvalue weighted by Gasteiger charge is 2.35. The van der Waals surface area contributed by atoms with Gasteiger partial charge in [0.25, 0.3) is 5.91 Å². The van der Waals surface area contributed by atoms with Crippen LogP contribution in [0.2, 0.25) is 0 Å². The molecule has 2 aliphatic rings. The maximum atomic E-state index is 12.8. The Morgan fingerprint density at radius 1 is 1.10 bits per heavy atom. The summed E-state index contributed by atoms with van der Waals surface area (Å²) in [5.41, 5.74) is 1.18. The minimum Gasteiger partial charge on any atom is -0.336 e. The van der Waals surface area contributed by atoms with E-state index < -0.39 is 0 Å². The highest BCUT2D eigenvalue weighted by Crippen LogP contribution is 2.35. The van der Waals surface area contributed by atoms with Gasteiger partial charge in [-0.15, -0.1) is 22.7 Å². The number of likely N-dealkylation sites (tertiary alicyclic amines) is 1. The molecule has 2 saturated heterocycles. The zero-order valence-electron chi connectivity index (χ0n) is 16.3. The van der Waals surface area contributed by atoms with E-state index in [-0.39, 0.29) is 17.9 Å². The molecule has 0 saturated carbocycles. The molecule has 2 fully saturated rings. The number of carbonyl (C=O) groups excluding carboxylic acids is 2. The van der Waals surface area contributed by atoms with E-state index in [9.17, 15) is 9.59 Å². The van der Waals surface area contributed by atoms with Crippen LogP contribution in [0.3, 0.4) is 0 Å². The topological polar surface area (TPSA) is 74.3 Å². The van der Waals surface area contributed by atoms with E-state index in [0.717, 1.165) is 34.3 Å². The molecule has 0 aliphatic carbocycles. The van der Waals surface area contributed by atoms with Crippen LogP contribution in [0.15, 0.2) is 48.7 Å². The molecule has 6 nitrogen and oxygen atoms in total. The summed E-state index contributed by atoms with van der Waals surface area (Å²) in [7, 11) is 0. The molecule has 2 amide bonds. The SMILES string of the molecule is O=C(Nc1ccc(C(=O)N2CC(c3ncc(-c4ccccc4)s3)C2)s1)[C@@H]1CCCN1. The third kappa shape index (κ3) is 3.90. The summed E-state index contributed by atoms with van der Waals surface area (Å²) in [5.74, 6) is 0.301. The maximum absolute atomic E-state index is 12.8. The molecular weight excluding hydrogens is 416 g/mol. The summed E-state index contributed by atoms with van der Waals surface area (Å²) >= 11 is 3.04. The lowest BCUT2D eigenvalue weighted by molar-refractivity contribution is -0.117. The van der Waals surface area contributed by atoms with Gasteiger partial charge in [-0.25, -0.2) is 4.98 Å². The minimum atomic E-state index is -0.124. The van der Waals surface area contributed by atoms with Crippen molar-refractivity contribution < 1.29 is 9.59 Å². The fourth-order valence-corrected chi connectivity index (χ4v) is 5.69. The number of anilines is 1. The van der Waals surface area contributed by atoms with Gasteiger partial charge in [-0.2, -0.15) is 0 Å². The molecule has 2 N–H and O–H groups in total. The lowest BCUT2D eigenvalue weighted by Crippen LogP contribution is -2.48. The Hall–Kier alpha value is -2.55. The Balaban J connectivity index is 1.17. The molecule has 1 aromatic carbocycles. The monoisotopic (exact) mass is 438 g/mol. The Bertz CT molecular complexity index is 1050. The quantitative estimate of drug-likeness (QED) is 0.635. The standard InChI is InChI=1S/C22H22N4O2S2/c27-20(16-7-4-10-23-16)25-19-9-8-17(29-19)22(28)26-12-15(13-26)21-24-11-18(30-21)14-5-2-1-3-6-14/h1-3,5-6,8-9,11,15-16,23H,4,7,10,12-13H2,(H,25,27)/t16-/m0/s1. The van der Waals surface area contributed by atoms with Crippen molar-refractivity contribution in [1.29, 1.82) is 0 Å². The summed E-state index contributed by atoms with van der Waals surface area (Å²) in [5, 5.41) is 7.92. The minimum absolute atomic E-state index is 0.0182. The molecule has 0 radical (unpaired) electrons. The number of nitrogens with zero attached hydrogens (tertiary/aromatic N) is 2. The largest absolute Gasteiger partial charge is 0.336 e. The molecule has 0 spiro atoms. The van der Waals surface area contributed by atoms with Crippen LogP contribution in [-0.2, 0) is 4.79 Å². The Labute approximate surface area is 183 Å². The number of thiazole rings is 1. The van der Waals surface area contributed by atoms with Crippen LogP contribution in [-0.4, -0.2) is 47.4 Å². The summed E-state index contributed by atoms with van der Waals surface area (Å²) in [4.78, 5) is 33.3. The third-order valence-electron chi connectivity index (χ3n) is 5.54. The second-order valence-electron chi connectivity index (χ2n) is 7.64. The second kappa shape index (κ2) is 8.29. The Morgan fingerprint density at radius 2 is 1.93 bits per heavy atom. The second-order valence-corrected chi connectivity index (χ2v) is 9.78. The summed E-state index contributed by atoms with van der Waals surface area (Å²) in [6, 6.07) is 13.7. The summed E-state index contributed by atoms with van der Waals surface area (Å²) < 4.78 is 0. The molecule has 4 heterocycles. The van der Waals surface area contributed by atoms with Crippen LogP contribution < -0.4 is 10.6 Å². The van der Waals surface area contributed by atoms with Gasteiger partial charge in [-0.05, 0) is 37.1 Å². The number of hydrogen-bond acceptors (Lipinski definition) is 6. The number of benzene rings is 1. The number of thiophene rings is 1. The highest BCUT2D eigenvalue weighted by molar-refractivity contribution is 7.18. The Kier molecular flexibility index (Phi) is 5.37. The number of hydrogen-bond donors (Lipinski definition) is 2. The number of amides is 2. The van der Waals surface area contributed by atoms with E-state index in [1.165, 1.54) is 16.9 Å². The number of carbonyl (C=O) groups is 2. The van der Waals surface area contributed by atoms with Crippen molar-refractivity contribution in [3.63, 3.8) is 0 Å². The first kappa shape index (κ1) is 19.4. The molecule has 8 heteroatoms. The van der Waals surface area contributed by atoms with Gasteiger partial charge in [0.2, 0.25) is 5.91 Å². The van der Waals surface area contributed by atoms with Crippen molar-refractivity contribution >= 4 is 39.5 Å². The van der Waals surface area contributed by atoms with Crippen LogP contribution in [0.25, 0.3) is 10.4 Å². The van der Waals surface area contributed by atoms with Crippen LogP contribution in [0.1, 0.15) is 33.4 Å². The van der Waals surface area contributed by atoms with E-state index in [0.29, 0.717) is 23.9 Å². The summed E-state index contributed by atoms with van der Waals surface area (Å²) in [6.07, 6.45) is 3.81. The number of aromatic nitrogens is 1. The molecule has 0 bridgehead atoms. The molecule has 1 atom stereocenters. The van der Waals surface area contributed by atoms with Crippen molar-refractivity contribution in [3.05, 3.63) is 58.5 Å². The van der Waals surface area contributed by atoms with Crippen LogP contribution in [0.4, 0.5) is 5.00 Å². The normalized spacial score (nSPS) is 18.9. The van der Waals surface area contributed by atoms with Gasteiger partial charge < -0.3 is 15.5 Å². The first-order valence-electron chi connectivity index (χ1n) is 10.1. The third-order valence-corrected chi connectivity index (χ3v) is 7.74. The average molecular weight is 439 g/mol. The fourth-order valence-electron chi connectivity index (χ4n) is 3.81. The summed E-state index contributed by atoms with van der Waals surface area (Å²) in [6.45, 7) is 2.26. The van der Waals surface area contributed by atoms with Crippen molar-refractivity contribution in [2.75, 3.05) is 25.0 Å². The lowest BCUT2D eigenvalue weighted by Gasteiger charge is -2.37. The molecule has 30 heavy (non-hydrogen) atoms. The van der Waals surface area contributed by atoms with Crippen LogP contribution in [0, 0.1) is 0 Å². The van der Waals surface area contributed by atoms with Gasteiger partial charge in [-0.3, -0.25) is 9.59 Å². The van der Waals surface area contributed by atoms with Crippen molar-refractivity contribution in [3.8, 4) is 10.4 Å². The van der Waals surface area contributed by atoms with Gasteiger partial charge in [0, 0.05) is 25.2 Å². The van der Waals surface area contributed by atoms with Crippen molar-refractivity contribution in [2.45, 2.75) is 24.8 Å². The average Bonchev–Trinajstić information content (AvgIpc) is 3.49. The first-order chi connectivity index (χ1) is 14.7. The predicted octanol–water partition coefficient (Wildman–Crippen LogP) is 3.80. The van der Waals surface area contributed by atoms with Gasteiger partial charge in [0.15, 0.2) is 0 Å². The molecule has 0 unspecified atom stereocenters. The zero-order valence-corrected chi connectivity index (χ0v) is 18.0. The van der Waals surface area contributed by atoms with E-state index in [1.54, 1.807) is 17.4 Å². The molecule has 154 valence electrons. The molecular formula is C22H22N4O2S2. The molecule has 2 aromatic heterocycles. The van der Waals surface area contributed by atoms with E-state index in [1.807, 2.05) is 35.4 Å². The first-order valence-corrected chi connectivity index (χ1v) is 11.7. The fraction of sp³-hybridized carbons (Fsp3) is 0.318.